The lowest BCUT2D eigenvalue weighted by Crippen LogP contribution is -2.23. The van der Waals surface area contributed by atoms with Gasteiger partial charge in [0, 0.05) is 12.3 Å². The summed E-state index contributed by atoms with van der Waals surface area (Å²) in [4.78, 5) is 13.9. The van der Waals surface area contributed by atoms with Crippen LogP contribution >= 0.6 is 0 Å². The Balaban J connectivity index is 2.48. The van der Waals surface area contributed by atoms with Crippen molar-refractivity contribution >= 4 is 16.8 Å². The Morgan fingerprint density at radius 3 is 2.68 bits per heavy atom. The van der Waals surface area contributed by atoms with Crippen molar-refractivity contribution in [3.05, 3.63) is 30.0 Å². The van der Waals surface area contributed by atoms with Gasteiger partial charge in [0.25, 0.3) is 0 Å². The van der Waals surface area contributed by atoms with E-state index in [2.05, 4.69) is 11.8 Å². The molecule has 1 heterocycles. The average Bonchev–Trinajstić information content (AvgIpc) is 2.68. The maximum atomic E-state index is 11.8. The molecular formula is C15H20N2O2. The minimum atomic E-state index is 0.00685. The third kappa shape index (κ3) is 2.49. The summed E-state index contributed by atoms with van der Waals surface area (Å²) in [5.74, 6) is 0.804. The lowest BCUT2D eigenvalue weighted by Gasteiger charge is -2.15. The van der Waals surface area contributed by atoms with Gasteiger partial charge in [-0.2, -0.15) is 0 Å². The lowest BCUT2D eigenvalue weighted by atomic mass is 10.2. The summed E-state index contributed by atoms with van der Waals surface area (Å²) in [5.41, 5.74) is 1.76. The van der Waals surface area contributed by atoms with Crippen molar-refractivity contribution in [2.75, 3.05) is 20.3 Å². The Morgan fingerprint density at radius 1 is 1.37 bits per heavy atom. The molecule has 0 saturated carbocycles. The summed E-state index contributed by atoms with van der Waals surface area (Å²) in [6.45, 7) is 7.01. The van der Waals surface area contributed by atoms with Gasteiger partial charge >= 0.3 is 0 Å². The van der Waals surface area contributed by atoms with Gasteiger partial charge in [-0.05, 0) is 32.6 Å². The molecule has 0 aliphatic heterocycles. The number of rotatable bonds is 4. The predicted molar refractivity (Wildman–Crippen MR) is 76.8 cm³/mol. The number of para-hydroxylation sites is 1. The fraction of sp³-hybridized carbons (Fsp3) is 0.400. The van der Waals surface area contributed by atoms with Crippen molar-refractivity contribution in [2.24, 2.45) is 0 Å². The molecule has 0 unspecified atom stereocenters. The predicted octanol–water partition coefficient (Wildman–Crippen LogP) is 2.90. The molecule has 0 N–H and O–H groups in total. The molecule has 0 amide bonds. The molecule has 1 aromatic carbocycles. The van der Waals surface area contributed by atoms with Crippen LogP contribution in [-0.2, 0) is 0 Å². The number of carbonyl (C=O) groups is 1. The second-order valence-electron chi connectivity index (χ2n) is 4.73. The first kappa shape index (κ1) is 13.6. The van der Waals surface area contributed by atoms with Crippen LogP contribution in [0.3, 0.4) is 0 Å². The molecule has 0 radical (unpaired) electrons. The smallest absolute Gasteiger partial charge is 0.228 e. The first-order valence-corrected chi connectivity index (χ1v) is 6.48. The molecule has 2 aromatic rings. The zero-order chi connectivity index (χ0) is 14.0. The van der Waals surface area contributed by atoms with Gasteiger partial charge in [0.15, 0.2) is 0 Å². The molecular weight excluding hydrogens is 240 g/mol. The van der Waals surface area contributed by atoms with Crippen molar-refractivity contribution in [2.45, 2.75) is 20.8 Å². The molecule has 4 nitrogen and oxygen atoms in total. The highest BCUT2D eigenvalue weighted by Gasteiger charge is 2.17. The van der Waals surface area contributed by atoms with Crippen molar-refractivity contribution in [1.82, 2.24) is 9.47 Å². The number of hydrogen-bond acceptors (Lipinski definition) is 3. The van der Waals surface area contributed by atoms with Crippen LogP contribution in [0.25, 0.3) is 10.9 Å². The highest BCUT2D eigenvalue weighted by molar-refractivity contribution is 5.97. The highest BCUT2D eigenvalue weighted by atomic mass is 16.5. The number of aromatic nitrogens is 1. The second-order valence-corrected chi connectivity index (χ2v) is 4.73. The fourth-order valence-electron chi connectivity index (χ4n) is 2.19. The van der Waals surface area contributed by atoms with E-state index in [-0.39, 0.29) is 5.91 Å². The summed E-state index contributed by atoms with van der Waals surface area (Å²) in [5, 5.41) is 0.986. The molecule has 0 saturated heterocycles. The van der Waals surface area contributed by atoms with E-state index in [4.69, 9.17) is 4.74 Å². The summed E-state index contributed by atoms with van der Waals surface area (Å²) >= 11 is 0. The number of ether oxygens (including phenoxy) is 1. The third-order valence-corrected chi connectivity index (χ3v) is 3.34. The van der Waals surface area contributed by atoms with Crippen molar-refractivity contribution in [1.29, 1.82) is 0 Å². The maximum Gasteiger partial charge on any atom is 0.228 e. The van der Waals surface area contributed by atoms with Gasteiger partial charge in [0.2, 0.25) is 5.91 Å². The van der Waals surface area contributed by atoms with Gasteiger partial charge in [-0.1, -0.05) is 19.1 Å². The lowest BCUT2D eigenvalue weighted by molar-refractivity contribution is 0.0937. The molecule has 0 fully saturated rings. The van der Waals surface area contributed by atoms with Crippen molar-refractivity contribution in [3.63, 3.8) is 0 Å². The van der Waals surface area contributed by atoms with Crippen LogP contribution in [0.5, 0.6) is 5.75 Å². The minimum absolute atomic E-state index is 0.00685. The van der Waals surface area contributed by atoms with E-state index in [1.54, 1.807) is 11.5 Å². The largest absolute Gasteiger partial charge is 0.476 e. The molecule has 0 aliphatic rings. The molecule has 19 heavy (non-hydrogen) atoms. The number of fused-ring (bicyclic) bond motifs is 1. The number of benzene rings is 1. The van der Waals surface area contributed by atoms with E-state index in [9.17, 15) is 4.79 Å². The number of hydrogen-bond donors (Lipinski definition) is 0. The van der Waals surface area contributed by atoms with Crippen LogP contribution in [-0.4, -0.2) is 35.7 Å². The zero-order valence-corrected chi connectivity index (χ0v) is 11.9. The van der Waals surface area contributed by atoms with Crippen LogP contribution in [0.15, 0.2) is 24.3 Å². The van der Waals surface area contributed by atoms with E-state index >= 15 is 0 Å². The summed E-state index contributed by atoms with van der Waals surface area (Å²) in [6.07, 6.45) is 0. The first-order chi connectivity index (χ1) is 9.06. The van der Waals surface area contributed by atoms with E-state index < -0.39 is 0 Å². The third-order valence-electron chi connectivity index (χ3n) is 3.34. The van der Waals surface area contributed by atoms with E-state index in [0.29, 0.717) is 6.73 Å². The first-order valence-electron chi connectivity index (χ1n) is 6.48. The quantitative estimate of drug-likeness (QED) is 0.793. The van der Waals surface area contributed by atoms with E-state index in [1.165, 1.54) is 0 Å². The molecule has 0 atom stereocenters. The van der Waals surface area contributed by atoms with Crippen molar-refractivity contribution in [3.8, 4) is 5.75 Å². The Bertz CT molecular complexity index is 601. The Kier molecular flexibility index (Phi) is 3.90. The molecule has 2 rings (SSSR count). The van der Waals surface area contributed by atoms with Gasteiger partial charge in [-0.15, -0.1) is 0 Å². The van der Waals surface area contributed by atoms with Crippen LogP contribution in [0.4, 0.5) is 0 Å². The van der Waals surface area contributed by atoms with E-state index in [0.717, 1.165) is 28.9 Å². The summed E-state index contributed by atoms with van der Waals surface area (Å²) in [6, 6.07) is 7.83. The molecule has 0 aliphatic carbocycles. The molecule has 1 aromatic heterocycles. The van der Waals surface area contributed by atoms with Crippen LogP contribution in [0.2, 0.25) is 0 Å². The monoisotopic (exact) mass is 260 g/mol. The SMILES string of the molecule is CCN(C)COc1c(C)n(C(C)=O)c2ccccc12. The van der Waals surface area contributed by atoms with Crippen LogP contribution in [0, 0.1) is 6.92 Å². The Labute approximate surface area is 113 Å². The molecule has 4 heteroatoms. The summed E-state index contributed by atoms with van der Waals surface area (Å²) in [7, 11) is 2.00. The topological polar surface area (TPSA) is 34.5 Å². The van der Waals surface area contributed by atoms with Gasteiger partial charge in [-0.25, -0.2) is 0 Å². The van der Waals surface area contributed by atoms with Crippen molar-refractivity contribution < 1.29 is 9.53 Å². The summed E-state index contributed by atoms with van der Waals surface area (Å²) < 4.78 is 7.59. The minimum Gasteiger partial charge on any atom is -0.476 e. The van der Waals surface area contributed by atoms with Gasteiger partial charge in [0.05, 0.1) is 11.2 Å². The normalized spacial score (nSPS) is 11.2. The maximum absolute atomic E-state index is 11.8. The number of nitrogens with zero attached hydrogens (tertiary/aromatic N) is 2. The fourth-order valence-corrected chi connectivity index (χ4v) is 2.19. The zero-order valence-electron chi connectivity index (χ0n) is 11.9. The van der Waals surface area contributed by atoms with Crippen LogP contribution in [0.1, 0.15) is 24.3 Å². The molecule has 0 bridgehead atoms. The number of carbonyl (C=O) groups excluding carboxylic acids is 1. The van der Waals surface area contributed by atoms with Crippen LogP contribution < -0.4 is 4.74 Å². The molecule has 102 valence electrons. The van der Waals surface area contributed by atoms with Gasteiger partial charge < -0.3 is 4.74 Å². The standard InChI is InChI=1S/C15H20N2O2/c1-5-16(4)10-19-15-11(2)17(12(3)18)14-9-7-6-8-13(14)15/h6-9H,5,10H2,1-4H3. The Hall–Kier alpha value is -1.81. The molecule has 0 spiro atoms. The van der Waals surface area contributed by atoms with Gasteiger partial charge in [-0.3, -0.25) is 14.3 Å². The second kappa shape index (κ2) is 5.45. The van der Waals surface area contributed by atoms with Gasteiger partial charge in [0.1, 0.15) is 12.5 Å². The van der Waals surface area contributed by atoms with E-state index in [1.807, 2.05) is 38.2 Å². The highest BCUT2D eigenvalue weighted by Crippen LogP contribution is 2.32. The Morgan fingerprint density at radius 2 is 2.05 bits per heavy atom. The average molecular weight is 260 g/mol.